The predicted octanol–water partition coefficient (Wildman–Crippen LogP) is 3.08. The monoisotopic (exact) mass is 264 g/mol. The Morgan fingerprint density at radius 3 is 2.26 bits per heavy atom. The Kier molecular flexibility index (Phi) is 6.89. The van der Waals surface area contributed by atoms with E-state index in [2.05, 4.69) is 43.1 Å². The molecule has 0 fully saturated rings. The molecule has 0 aliphatic heterocycles. The van der Waals surface area contributed by atoms with Crippen molar-refractivity contribution in [2.75, 3.05) is 27.2 Å². The lowest BCUT2D eigenvalue weighted by molar-refractivity contribution is 0.194. The van der Waals surface area contributed by atoms with E-state index in [0.29, 0.717) is 12.1 Å². The largest absolute Gasteiger partial charge is 0.497 e. The number of nitrogens with zero attached hydrogens (tertiary/aromatic N) is 1. The van der Waals surface area contributed by atoms with E-state index in [0.717, 1.165) is 18.8 Å². The van der Waals surface area contributed by atoms with Crippen molar-refractivity contribution in [3.63, 3.8) is 0 Å². The molecule has 0 spiro atoms. The first-order chi connectivity index (χ1) is 9.15. The van der Waals surface area contributed by atoms with Crippen molar-refractivity contribution in [2.45, 2.75) is 39.3 Å². The number of hydrogen-bond acceptors (Lipinski definition) is 3. The van der Waals surface area contributed by atoms with Crippen molar-refractivity contribution >= 4 is 0 Å². The molecule has 2 atom stereocenters. The summed E-state index contributed by atoms with van der Waals surface area (Å²) in [5.41, 5.74) is 1.31. The van der Waals surface area contributed by atoms with Gasteiger partial charge < -0.3 is 10.1 Å². The molecule has 3 heteroatoms. The molecule has 0 aliphatic rings. The topological polar surface area (TPSA) is 24.5 Å². The Hall–Kier alpha value is -1.06. The van der Waals surface area contributed by atoms with Crippen molar-refractivity contribution in [1.29, 1.82) is 0 Å². The molecule has 1 rings (SSSR count). The van der Waals surface area contributed by atoms with Crippen LogP contribution in [0, 0.1) is 0 Å². The van der Waals surface area contributed by atoms with E-state index in [1.54, 1.807) is 7.11 Å². The van der Waals surface area contributed by atoms with Crippen LogP contribution >= 0.6 is 0 Å². The van der Waals surface area contributed by atoms with Gasteiger partial charge in [-0.25, -0.2) is 0 Å². The maximum atomic E-state index is 5.21. The average Bonchev–Trinajstić information content (AvgIpc) is 2.48. The molecule has 1 aromatic carbocycles. The summed E-state index contributed by atoms with van der Waals surface area (Å²) in [6.07, 6.45) is 1.19. The molecule has 0 aliphatic carbocycles. The number of likely N-dealkylation sites (N-methyl/N-ethyl adjacent to an activating group) is 2. The molecule has 1 aromatic rings. The minimum absolute atomic E-state index is 0.361. The standard InChI is InChI=1S/C16H28N2O/c1-6-13(3)18(7-2)12-16(17-4)14-8-10-15(19-5)11-9-14/h8-11,13,16-17H,6-7,12H2,1-5H3. The Balaban J connectivity index is 2.75. The minimum Gasteiger partial charge on any atom is -0.497 e. The lowest BCUT2D eigenvalue weighted by atomic mass is 10.1. The van der Waals surface area contributed by atoms with Gasteiger partial charge in [0.1, 0.15) is 5.75 Å². The summed E-state index contributed by atoms with van der Waals surface area (Å²) < 4.78 is 5.21. The van der Waals surface area contributed by atoms with Gasteiger partial charge in [-0.15, -0.1) is 0 Å². The number of benzene rings is 1. The molecule has 0 saturated carbocycles. The summed E-state index contributed by atoms with van der Waals surface area (Å²) in [6, 6.07) is 9.33. The second kappa shape index (κ2) is 8.18. The normalized spacial score (nSPS) is 14.4. The third-order valence-corrected chi connectivity index (χ3v) is 3.90. The van der Waals surface area contributed by atoms with E-state index in [4.69, 9.17) is 4.74 Å². The van der Waals surface area contributed by atoms with Crippen molar-refractivity contribution in [3.8, 4) is 5.75 Å². The highest BCUT2D eigenvalue weighted by Gasteiger charge is 2.17. The van der Waals surface area contributed by atoms with Crippen LogP contribution in [0.1, 0.15) is 38.8 Å². The quantitative estimate of drug-likeness (QED) is 0.781. The predicted molar refractivity (Wildman–Crippen MR) is 81.8 cm³/mol. The van der Waals surface area contributed by atoms with Crippen molar-refractivity contribution in [3.05, 3.63) is 29.8 Å². The molecular weight excluding hydrogens is 236 g/mol. The average molecular weight is 264 g/mol. The molecular formula is C16H28N2O. The number of hydrogen-bond donors (Lipinski definition) is 1. The van der Waals surface area contributed by atoms with E-state index in [1.165, 1.54) is 12.0 Å². The number of methoxy groups -OCH3 is 1. The first-order valence-electron chi connectivity index (χ1n) is 7.21. The summed E-state index contributed by atoms with van der Waals surface area (Å²) in [5.74, 6) is 0.910. The van der Waals surface area contributed by atoms with Gasteiger partial charge in [-0.3, -0.25) is 4.90 Å². The fourth-order valence-corrected chi connectivity index (χ4v) is 2.31. The van der Waals surface area contributed by atoms with E-state index < -0.39 is 0 Å². The number of ether oxygens (including phenoxy) is 1. The van der Waals surface area contributed by atoms with E-state index in [1.807, 2.05) is 19.2 Å². The molecule has 0 radical (unpaired) electrons. The molecule has 0 amide bonds. The van der Waals surface area contributed by atoms with Gasteiger partial charge in [-0.1, -0.05) is 26.0 Å². The molecule has 19 heavy (non-hydrogen) atoms. The number of rotatable bonds is 8. The van der Waals surface area contributed by atoms with Gasteiger partial charge in [0.15, 0.2) is 0 Å². The molecule has 2 unspecified atom stereocenters. The van der Waals surface area contributed by atoms with E-state index in [9.17, 15) is 0 Å². The van der Waals surface area contributed by atoms with Gasteiger partial charge in [0.25, 0.3) is 0 Å². The van der Waals surface area contributed by atoms with Gasteiger partial charge in [0.05, 0.1) is 7.11 Å². The Bertz CT molecular complexity index is 350. The molecule has 0 saturated heterocycles. The second-order valence-electron chi connectivity index (χ2n) is 4.96. The Labute approximate surface area is 118 Å². The third-order valence-electron chi connectivity index (χ3n) is 3.90. The zero-order valence-corrected chi connectivity index (χ0v) is 12.9. The van der Waals surface area contributed by atoms with Gasteiger partial charge in [0.2, 0.25) is 0 Å². The first-order valence-corrected chi connectivity index (χ1v) is 7.21. The van der Waals surface area contributed by atoms with Crippen molar-refractivity contribution < 1.29 is 4.74 Å². The van der Waals surface area contributed by atoms with Crippen LogP contribution in [-0.2, 0) is 0 Å². The molecule has 0 heterocycles. The van der Waals surface area contributed by atoms with Crippen LogP contribution in [-0.4, -0.2) is 38.2 Å². The number of nitrogens with one attached hydrogen (secondary N) is 1. The lowest BCUT2D eigenvalue weighted by Gasteiger charge is -2.31. The highest BCUT2D eigenvalue weighted by Crippen LogP contribution is 2.19. The van der Waals surface area contributed by atoms with Gasteiger partial charge in [-0.2, -0.15) is 0 Å². The molecule has 108 valence electrons. The van der Waals surface area contributed by atoms with Crippen LogP contribution in [0.2, 0.25) is 0 Å². The fourth-order valence-electron chi connectivity index (χ4n) is 2.31. The SMILES string of the molecule is CCC(C)N(CC)CC(NC)c1ccc(OC)cc1. The second-order valence-corrected chi connectivity index (χ2v) is 4.96. The highest BCUT2D eigenvalue weighted by molar-refractivity contribution is 5.29. The van der Waals surface area contributed by atoms with Crippen molar-refractivity contribution in [2.24, 2.45) is 0 Å². The fraction of sp³-hybridized carbons (Fsp3) is 0.625. The van der Waals surface area contributed by atoms with Crippen LogP contribution in [0.4, 0.5) is 0 Å². The zero-order chi connectivity index (χ0) is 14.3. The summed E-state index contributed by atoms with van der Waals surface area (Å²) in [7, 11) is 3.73. The Morgan fingerprint density at radius 2 is 1.84 bits per heavy atom. The van der Waals surface area contributed by atoms with Crippen LogP contribution in [0.5, 0.6) is 5.75 Å². The Morgan fingerprint density at radius 1 is 1.21 bits per heavy atom. The van der Waals surface area contributed by atoms with Crippen LogP contribution < -0.4 is 10.1 Å². The summed E-state index contributed by atoms with van der Waals surface area (Å²) >= 11 is 0. The van der Waals surface area contributed by atoms with E-state index >= 15 is 0 Å². The van der Waals surface area contributed by atoms with Crippen LogP contribution in [0.3, 0.4) is 0 Å². The third kappa shape index (κ3) is 4.51. The highest BCUT2D eigenvalue weighted by atomic mass is 16.5. The molecule has 1 N–H and O–H groups in total. The maximum Gasteiger partial charge on any atom is 0.118 e. The molecule has 0 aromatic heterocycles. The molecule has 0 bridgehead atoms. The molecule has 3 nitrogen and oxygen atoms in total. The zero-order valence-electron chi connectivity index (χ0n) is 12.9. The summed E-state index contributed by atoms with van der Waals surface area (Å²) in [5, 5.41) is 3.42. The first kappa shape index (κ1) is 16.0. The van der Waals surface area contributed by atoms with Crippen LogP contribution in [0.25, 0.3) is 0 Å². The van der Waals surface area contributed by atoms with Crippen molar-refractivity contribution in [1.82, 2.24) is 10.2 Å². The summed E-state index contributed by atoms with van der Waals surface area (Å²) in [6.45, 7) is 8.89. The van der Waals surface area contributed by atoms with Crippen LogP contribution in [0.15, 0.2) is 24.3 Å². The van der Waals surface area contributed by atoms with Gasteiger partial charge in [-0.05, 0) is 44.6 Å². The van der Waals surface area contributed by atoms with Gasteiger partial charge >= 0.3 is 0 Å². The van der Waals surface area contributed by atoms with Gasteiger partial charge in [0, 0.05) is 18.6 Å². The maximum absolute atomic E-state index is 5.21. The minimum atomic E-state index is 0.361. The summed E-state index contributed by atoms with van der Waals surface area (Å²) in [4.78, 5) is 2.52. The lowest BCUT2D eigenvalue weighted by Crippen LogP contribution is -2.39. The smallest absolute Gasteiger partial charge is 0.118 e. The van der Waals surface area contributed by atoms with E-state index in [-0.39, 0.29) is 0 Å².